The van der Waals surface area contributed by atoms with E-state index in [2.05, 4.69) is 135 Å². The Balaban J connectivity index is 1.51. The van der Waals surface area contributed by atoms with Gasteiger partial charge in [0.15, 0.2) is 0 Å². The largest absolute Gasteiger partial charge is 0.458 e. The van der Waals surface area contributed by atoms with Gasteiger partial charge in [-0.05, 0) is 69.6 Å². The first kappa shape index (κ1) is 23.8. The standard InChI is InChI=1S/C38H27BO2/c1-3-13-24(4-2)34-28-18-10-8-16-26(28)22-30-37(34)40-32-20-12-21-33-36(32)39(30)31-23-27-17-9-11-19-29(27)35(38(31)41-33)25-14-6-5-7-15-25/h3-23H,1-2H3/b13-3-,24-4+. The summed E-state index contributed by atoms with van der Waals surface area (Å²) in [4.78, 5) is 0. The lowest BCUT2D eigenvalue weighted by Crippen LogP contribution is -2.57. The van der Waals surface area contributed by atoms with Crippen LogP contribution in [0.3, 0.4) is 0 Å². The van der Waals surface area contributed by atoms with Gasteiger partial charge in [0.05, 0.1) is 0 Å². The predicted molar refractivity (Wildman–Crippen MR) is 173 cm³/mol. The van der Waals surface area contributed by atoms with Crippen LogP contribution in [0.5, 0.6) is 23.0 Å². The molecule has 0 amide bonds. The van der Waals surface area contributed by atoms with Crippen molar-refractivity contribution in [3.8, 4) is 34.1 Å². The van der Waals surface area contributed by atoms with Crippen LogP contribution in [0.1, 0.15) is 19.4 Å². The molecule has 3 heteroatoms. The van der Waals surface area contributed by atoms with Gasteiger partial charge in [0.2, 0.25) is 0 Å². The Labute approximate surface area is 240 Å². The zero-order valence-corrected chi connectivity index (χ0v) is 23.0. The summed E-state index contributed by atoms with van der Waals surface area (Å²) in [6.07, 6.45) is 6.45. The second-order valence-electron chi connectivity index (χ2n) is 10.7. The van der Waals surface area contributed by atoms with Crippen molar-refractivity contribution in [2.24, 2.45) is 0 Å². The maximum Gasteiger partial charge on any atom is 0.260 e. The molecular formula is C38H27BO2. The fourth-order valence-electron chi connectivity index (χ4n) is 6.72. The highest BCUT2D eigenvalue weighted by molar-refractivity contribution is 6.98. The zero-order valence-electron chi connectivity index (χ0n) is 23.0. The molecule has 6 aromatic rings. The molecule has 0 atom stereocenters. The van der Waals surface area contributed by atoms with Crippen molar-refractivity contribution in [3.05, 3.63) is 133 Å². The molecular weight excluding hydrogens is 499 g/mol. The lowest BCUT2D eigenvalue weighted by atomic mass is 9.34. The number of benzene rings is 6. The second kappa shape index (κ2) is 9.28. The summed E-state index contributed by atoms with van der Waals surface area (Å²) in [7, 11) is 0. The van der Waals surface area contributed by atoms with Crippen molar-refractivity contribution in [1.29, 1.82) is 0 Å². The van der Waals surface area contributed by atoms with Gasteiger partial charge in [-0.15, -0.1) is 0 Å². The smallest absolute Gasteiger partial charge is 0.260 e. The molecule has 8 rings (SSSR count). The maximum atomic E-state index is 6.86. The first-order chi connectivity index (χ1) is 20.3. The Morgan fingerprint density at radius 1 is 0.634 bits per heavy atom. The van der Waals surface area contributed by atoms with E-state index in [0.717, 1.165) is 50.7 Å². The maximum absolute atomic E-state index is 6.86. The lowest BCUT2D eigenvalue weighted by molar-refractivity contribution is 0.465. The summed E-state index contributed by atoms with van der Waals surface area (Å²) in [6.45, 7) is 4.13. The molecule has 0 saturated heterocycles. The van der Waals surface area contributed by atoms with Crippen LogP contribution < -0.4 is 25.9 Å². The average Bonchev–Trinajstić information content (AvgIpc) is 3.02. The van der Waals surface area contributed by atoms with Crippen LogP contribution in [-0.2, 0) is 0 Å². The molecule has 41 heavy (non-hydrogen) atoms. The highest BCUT2D eigenvalue weighted by Crippen LogP contribution is 2.44. The molecule has 0 spiro atoms. The van der Waals surface area contributed by atoms with Gasteiger partial charge in [-0.2, -0.15) is 0 Å². The predicted octanol–water partition coefficient (Wildman–Crippen LogP) is 8.37. The van der Waals surface area contributed by atoms with Gasteiger partial charge < -0.3 is 9.47 Å². The van der Waals surface area contributed by atoms with E-state index in [0.29, 0.717) is 0 Å². The van der Waals surface area contributed by atoms with E-state index in [4.69, 9.17) is 9.47 Å². The van der Waals surface area contributed by atoms with Gasteiger partial charge in [0.25, 0.3) is 6.71 Å². The minimum absolute atomic E-state index is 0.0344. The molecule has 194 valence electrons. The quantitative estimate of drug-likeness (QED) is 0.170. The van der Waals surface area contributed by atoms with Crippen LogP contribution in [0.4, 0.5) is 0 Å². The summed E-state index contributed by atoms with van der Waals surface area (Å²) in [5.74, 6) is 3.55. The van der Waals surface area contributed by atoms with Crippen molar-refractivity contribution in [2.45, 2.75) is 13.8 Å². The van der Waals surface area contributed by atoms with Gasteiger partial charge in [0, 0.05) is 16.6 Å². The van der Waals surface area contributed by atoms with E-state index in [9.17, 15) is 0 Å². The van der Waals surface area contributed by atoms with Gasteiger partial charge >= 0.3 is 0 Å². The number of hydrogen-bond donors (Lipinski definition) is 0. The van der Waals surface area contributed by atoms with Crippen LogP contribution in [0.15, 0.2) is 127 Å². The summed E-state index contributed by atoms with van der Waals surface area (Å²) in [6, 6.07) is 38.7. The SMILES string of the molecule is C/C=C\C(=C/C)c1c2c(cc3ccccc13)B1c3cc4ccccc4c(-c4ccccc4)c3Oc3cccc(c31)O2. The van der Waals surface area contributed by atoms with Crippen molar-refractivity contribution >= 4 is 50.2 Å². The average molecular weight is 526 g/mol. The van der Waals surface area contributed by atoms with E-state index in [1.54, 1.807) is 0 Å². The third kappa shape index (κ3) is 3.52. The molecule has 0 radical (unpaired) electrons. The van der Waals surface area contributed by atoms with Crippen LogP contribution in [-0.4, -0.2) is 6.71 Å². The number of hydrogen-bond acceptors (Lipinski definition) is 2. The molecule has 2 aliphatic rings. The third-order valence-corrected chi connectivity index (χ3v) is 8.43. The van der Waals surface area contributed by atoms with E-state index in [-0.39, 0.29) is 6.71 Å². The molecule has 0 unspecified atom stereocenters. The van der Waals surface area contributed by atoms with Crippen molar-refractivity contribution in [1.82, 2.24) is 0 Å². The molecule has 0 aromatic heterocycles. The zero-order chi connectivity index (χ0) is 27.5. The minimum atomic E-state index is -0.0344. The fourth-order valence-corrected chi connectivity index (χ4v) is 6.72. The van der Waals surface area contributed by atoms with Crippen molar-refractivity contribution in [2.75, 3.05) is 0 Å². The molecule has 0 N–H and O–H groups in total. The molecule has 2 heterocycles. The van der Waals surface area contributed by atoms with Gasteiger partial charge in [0.1, 0.15) is 23.0 Å². The Morgan fingerprint density at radius 3 is 1.95 bits per heavy atom. The summed E-state index contributed by atoms with van der Waals surface area (Å²) < 4.78 is 13.7. The molecule has 0 saturated carbocycles. The molecule has 0 bridgehead atoms. The number of ether oxygens (including phenoxy) is 2. The Kier molecular flexibility index (Phi) is 5.40. The second-order valence-corrected chi connectivity index (χ2v) is 10.7. The Bertz CT molecular complexity index is 2070. The molecule has 2 aliphatic heterocycles. The van der Waals surface area contributed by atoms with Crippen molar-refractivity contribution < 1.29 is 9.47 Å². The van der Waals surface area contributed by atoms with Crippen LogP contribution in [0.2, 0.25) is 0 Å². The van der Waals surface area contributed by atoms with Gasteiger partial charge in [-0.1, -0.05) is 115 Å². The van der Waals surface area contributed by atoms with E-state index < -0.39 is 0 Å². The lowest BCUT2D eigenvalue weighted by Gasteiger charge is -2.35. The number of fused-ring (bicyclic) bond motifs is 6. The third-order valence-electron chi connectivity index (χ3n) is 8.43. The van der Waals surface area contributed by atoms with Gasteiger partial charge in [-0.3, -0.25) is 0 Å². The van der Waals surface area contributed by atoms with E-state index in [1.165, 1.54) is 32.5 Å². The molecule has 6 aromatic carbocycles. The first-order valence-corrected chi connectivity index (χ1v) is 14.2. The topological polar surface area (TPSA) is 18.5 Å². The monoisotopic (exact) mass is 526 g/mol. The molecule has 2 nitrogen and oxygen atoms in total. The highest BCUT2D eigenvalue weighted by atomic mass is 16.5. The van der Waals surface area contributed by atoms with Crippen molar-refractivity contribution in [3.63, 3.8) is 0 Å². The minimum Gasteiger partial charge on any atom is -0.458 e. The Morgan fingerprint density at radius 2 is 1.24 bits per heavy atom. The van der Waals surface area contributed by atoms with Crippen LogP contribution >= 0.6 is 0 Å². The summed E-state index contributed by atoms with van der Waals surface area (Å²) in [5.41, 5.74) is 7.99. The fraction of sp³-hybridized carbons (Fsp3) is 0.0526. The number of allylic oxidation sites excluding steroid dienone is 4. The van der Waals surface area contributed by atoms with E-state index in [1.807, 2.05) is 6.07 Å². The first-order valence-electron chi connectivity index (χ1n) is 14.2. The summed E-state index contributed by atoms with van der Waals surface area (Å²) >= 11 is 0. The van der Waals surface area contributed by atoms with E-state index >= 15 is 0 Å². The highest BCUT2D eigenvalue weighted by Gasteiger charge is 2.42. The van der Waals surface area contributed by atoms with Gasteiger partial charge in [-0.25, -0.2) is 0 Å². The normalized spacial score (nSPS) is 13.5. The van der Waals surface area contributed by atoms with Crippen LogP contribution in [0.25, 0.3) is 38.2 Å². The Hall–Kier alpha value is -5.02. The summed E-state index contributed by atoms with van der Waals surface area (Å²) in [5, 5.41) is 4.78. The number of rotatable bonds is 3. The van der Waals surface area contributed by atoms with Crippen LogP contribution in [0, 0.1) is 0 Å². The molecule has 0 aliphatic carbocycles. The molecule has 0 fully saturated rings.